The maximum Gasteiger partial charge on any atom is 0.243 e. The number of nitrogens with zero attached hydrogens (tertiary/aromatic N) is 1. The topological polar surface area (TPSA) is 58.6 Å². The molecule has 1 fully saturated rings. The van der Waals surface area contributed by atoms with Gasteiger partial charge in [0.05, 0.1) is 17.1 Å². The van der Waals surface area contributed by atoms with Crippen LogP contribution in [0, 0.1) is 0 Å². The summed E-state index contributed by atoms with van der Waals surface area (Å²) in [7, 11) is -3.42. The van der Waals surface area contributed by atoms with Crippen LogP contribution < -0.4 is 5.32 Å². The molecule has 0 spiro atoms. The third kappa shape index (κ3) is 2.43. The van der Waals surface area contributed by atoms with Crippen LogP contribution in [0.2, 0.25) is 0 Å². The molecule has 2 aliphatic heterocycles. The van der Waals surface area contributed by atoms with Crippen molar-refractivity contribution in [2.45, 2.75) is 37.4 Å². The highest BCUT2D eigenvalue weighted by atomic mass is 32.2. The highest BCUT2D eigenvalue weighted by Crippen LogP contribution is 2.27. The van der Waals surface area contributed by atoms with Gasteiger partial charge in [0.1, 0.15) is 0 Å². The molecule has 2 unspecified atom stereocenters. The third-order valence-corrected chi connectivity index (χ3v) is 5.64. The fourth-order valence-corrected chi connectivity index (χ4v) is 4.56. The average Bonchev–Trinajstić information content (AvgIpc) is 2.84. The van der Waals surface area contributed by atoms with Crippen LogP contribution in [-0.2, 0) is 21.2 Å². The van der Waals surface area contributed by atoms with Crippen molar-refractivity contribution >= 4 is 15.7 Å². The van der Waals surface area contributed by atoms with Crippen LogP contribution >= 0.6 is 0 Å². The van der Waals surface area contributed by atoms with E-state index in [1.54, 1.807) is 12.1 Å². The molecule has 2 atom stereocenters. The molecular weight excluding hydrogens is 276 g/mol. The summed E-state index contributed by atoms with van der Waals surface area (Å²) in [5, 5.41) is 3.24. The van der Waals surface area contributed by atoms with Gasteiger partial charge in [-0.2, -0.15) is 4.31 Å². The van der Waals surface area contributed by atoms with Gasteiger partial charge >= 0.3 is 0 Å². The molecule has 5 nitrogen and oxygen atoms in total. The molecule has 0 amide bonds. The molecule has 3 rings (SSSR count). The second-order valence-electron chi connectivity index (χ2n) is 5.58. The summed E-state index contributed by atoms with van der Waals surface area (Å²) in [5.41, 5.74) is 2.13. The first-order valence-electron chi connectivity index (χ1n) is 6.99. The molecule has 6 heteroatoms. The standard InChI is InChI=1S/C14H20N2O3S/c1-10-8-16(9-11(2)19-10)20(17,18)13-3-4-14-12(7-13)5-6-15-14/h3-4,7,10-11,15H,5-6,8-9H2,1-2H3. The largest absolute Gasteiger partial charge is 0.384 e. The second kappa shape index (κ2) is 5.02. The van der Waals surface area contributed by atoms with E-state index in [0.717, 1.165) is 24.2 Å². The van der Waals surface area contributed by atoms with Crippen molar-refractivity contribution in [3.63, 3.8) is 0 Å². The molecule has 2 aliphatic rings. The number of benzene rings is 1. The average molecular weight is 296 g/mol. The maximum absolute atomic E-state index is 12.7. The van der Waals surface area contributed by atoms with Crippen LogP contribution in [0.25, 0.3) is 0 Å². The molecule has 0 bridgehead atoms. The van der Waals surface area contributed by atoms with Crippen molar-refractivity contribution in [2.24, 2.45) is 0 Å². The van der Waals surface area contributed by atoms with E-state index in [1.807, 2.05) is 19.9 Å². The van der Waals surface area contributed by atoms with Crippen molar-refractivity contribution in [1.29, 1.82) is 0 Å². The van der Waals surface area contributed by atoms with E-state index in [-0.39, 0.29) is 12.2 Å². The molecule has 0 saturated carbocycles. The smallest absolute Gasteiger partial charge is 0.243 e. The number of fused-ring (bicyclic) bond motifs is 1. The number of anilines is 1. The van der Waals surface area contributed by atoms with Crippen molar-refractivity contribution in [2.75, 3.05) is 25.0 Å². The second-order valence-corrected chi connectivity index (χ2v) is 7.51. The summed E-state index contributed by atoms with van der Waals surface area (Å²) in [6.07, 6.45) is 0.753. The Labute approximate surface area is 120 Å². The molecule has 1 saturated heterocycles. The molecule has 1 aromatic carbocycles. The lowest BCUT2D eigenvalue weighted by Gasteiger charge is -2.34. The van der Waals surface area contributed by atoms with Gasteiger partial charge < -0.3 is 10.1 Å². The Morgan fingerprint density at radius 2 is 1.95 bits per heavy atom. The zero-order valence-electron chi connectivity index (χ0n) is 11.8. The molecule has 1 aromatic rings. The lowest BCUT2D eigenvalue weighted by atomic mass is 10.2. The fourth-order valence-electron chi connectivity index (χ4n) is 2.92. The molecule has 0 aliphatic carbocycles. The van der Waals surface area contributed by atoms with Gasteiger partial charge in [-0.05, 0) is 44.0 Å². The Kier molecular flexibility index (Phi) is 3.48. The number of rotatable bonds is 2. The maximum atomic E-state index is 12.7. The molecular formula is C14H20N2O3S. The summed E-state index contributed by atoms with van der Waals surface area (Å²) < 4.78 is 32.6. The minimum atomic E-state index is -3.42. The van der Waals surface area contributed by atoms with E-state index in [9.17, 15) is 8.42 Å². The van der Waals surface area contributed by atoms with Crippen LogP contribution in [0.5, 0.6) is 0 Å². The van der Waals surface area contributed by atoms with Gasteiger partial charge in [-0.25, -0.2) is 8.42 Å². The van der Waals surface area contributed by atoms with Crippen LogP contribution in [0.1, 0.15) is 19.4 Å². The van der Waals surface area contributed by atoms with Crippen molar-refractivity contribution in [3.05, 3.63) is 23.8 Å². The van der Waals surface area contributed by atoms with Crippen LogP contribution in [0.15, 0.2) is 23.1 Å². The van der Waals surface area contributed by atoms with E-state index in [0.29, 0.717) is 18.0 Å². The number of hydrogen-bond acceptors (Lipinski definition) is 4. The van der Waals surface area contributed by atoms with E-state index < -0.39 is 10.0 Å². The van der Waals surface area contributed by atoms with Gasteiger partial charge in [-0.3, -0.25) is 0 Å². The van der Waals surface area contributed by atoms with Gasteiger partial charge in [0.15, 0.2) is 0 Å². The zero-order chi connectivity index (χ0) is 14.3. The Balaban J connectivity index is 1.91. The lowest BCUT2D eigenvalue weighted by molar-refractivity contribution is -0.0440. The summed E-state index contributed by atoms with van der Waals surface area (Å²) in [4.78, 5) is 0.390. The normalized spacial score (nSPS) is 27.1. The highest BCUT2D eigenvalue weighted by Gasteiger charge is 2.32. The third-order valence-electron chi connectivity index (χ3n) is 3.81. The minimum absolute atomic E-state index is 0.0652. The molecule has 20 heavy (non-hydrogen) atoms. The number of hydrogen-bond donors (Lipinski definition) is 1. The van der Waals surface area contributed by atoms with Crippen molar-refractivity contribution < 1.29 is 13.2 Å². The SMILES string of the molecule is CC1CN(S(=O)(=O)c2ccc3c(c2)CCN3)CC(C)O1. The molecule has 1 N–H and O–H groups in total. The Morgan fingerprint density at radius 1 is 1.25 bits per heavy atom. The van der Waals surface area contributed by atoms with Gasteiger partial charge in [-0.1, -0.05) is 0 Å². The summed E-state index contributed by atoms with van der Waals surface area (Å²) in [6.45, 7) is 5.53. The van der Waals surface area contributed by atoms with Crippen LogP contribution in [0.3, 0.4) is 0 Å². The predicted molar refractivity (Wildman–Crippen MR) is 77.4 cm³/mol. The van der Waals surface area contributed by atoms with Crippen LogP contribution in [-0.4, -0.2) is 44.6 Å². The summed E-state index contributed by atoms with van der Waals surface area (Å²) in [5.74, 6) is 0. The molecule has 0 aromatic heterocycles. The van der Waals surface area contributed by atoms with E-state index >= 15 is 0 Å². The zero-order valence-corrected chi connectivity index (χ0v) is 12.6. The van der Waals surface area contributed by atoms with Crippen molar-refractivity contribution in [1.82, 2.24) is 4.31 Å². The van der Waals surface area contributed by atoms with Gasteiger partial charge in [-0.15, -0.1) is 0 Å². The highest BCUT2D eigenvalue weighted by molar-refractivity contribution is 7.89. The number of sulfonamides is 1. The first kappa shape index (κ1) is 13.9. The minimum Gasteiger partial charge on any atom is -0.384 e. The summed E-state index contributed by atoms with van der Waals surface area (Å²) in [6, 6.07) is 5.36. The molecule has 2 heterocycles. The Morgan fingerprint density at radius 3 is 2.65 bits per heavy atom. The number of morpholine rings is 1. The first-order valence-corrected chi connectivity index (χ1v) is 8.43. The number of nitrogens with one attached hydrogen (secondary N) is 1. The number of ether oxygens (including phenoxy) is 1. The molecule has 0 radical (unpaired) electrons. The Hall–Kier alpha value is -1.11. The van der Waals surface area contributed by atoms with Gasteiger partial charge in [0, 0.05) is 25.3 Å². The van der Waals surface area contributed by atoms with Gasteiger partial charge in [0.25, 0.3) is 0 Å². The first-order chi connectivity index (χ1) is 9.46. The predicted octanol–water partition coefficient (Wildman–Crippen LogP) is 1.45. The van der Waals surface area contributed by atoms with Crippen molar-refractivity contribution in [3.8, 4) is 0 Å². The van der Waals surface area contributed by atoms with Crippen LogP contribution in [0.4, 0.5) is 5.69 Å². The monoisotopic (exact) mass is 296 g/mol. The molecule has 110 valence electrons. The Bertz CT molecular complexity index is 605. The fraction of sp³-hybridized carbons (Fsp3) is 0.571. The quantitative estimate of drug-likeness (QED) is 0.897. The van der Waals surface area contributed by atoms with E-state index in [1.165, 1.54) is 4.31 Å². The van der Waals surface area contributed by atoms with Gasteiger partial charge in [0.2, 0.25) is 10.0 Å². The summed E-state index contributed by atoms with van der Waals surface area (Å²) >= 11 is 0. The lowest BCUT2D eigenvalue weighted by Crippen LogP contribution is -2.48. The van der Waals surface area contributed by atoms with E-state index in [2.05, 4.69) is 5.32 Å². The van der Waals surface area contributed by atoms with E-state index in [4.69, 9.17) is 4.74 Å².